The zero-order valence-electron chi connectivity index (χ0n) is 6.53. The van der Waals surface area contributed by atoms with Gasteiger partial charge in [-0.3, -0.25) is 0 Å². The van der Waals surface area contributed by atoms with E-state index in [0.29, 0.717) is 6.04 Å². The second-order valence-corrected chi connectivity index (χ2v) is 3.41. The van der Waals surface area contributed by atoms with Crippen molar-refractivity contribution in [3.8, 4) is 0 Å². The van der Waals surface area contributed by atoms with Gasteiger partial charge in [0.25, 0.3) is 0 Å². The highest BCUT2D eigenvalue weighted by molar-refractivity contribution is 4.97. The Morgan fingerprint density at radius 3 is 2.08 bits per heavy atom. The van der Waals surface area contributed by atoms with Crippen molar-refractivity contribution in [3.05, 3.63) is 0 Å². The summed E-state index contributed by atoms with van der Waals surface area (Å²) in [6.07, 6.45) is -0.104. The first kappa shape index (κ1) is 12.4. The number of quaternary nitrogens is 2. The average molecular weight is 217 g/mol. The lowest BCUT2D eigenvalue weighted by atomic mass is 9.91. The van der Waals surface area contributed by atoms with E-state index in [2.05, 4.69) is 5.73 Å². The summed E-state index contributed by atoms with van der Waals surface area (Å²) in [5.74, 6) is 0. The minimum absolute atomic E-state index is 0. The summed E-state index contributed by atoms with van der Waals surface area (Å²) in [6, 6.07) is 0.686. The van der Waals surface area contributed by atoms with Crippen LogP contribution in [0.1, 0.15) is 6.42 Å². The van der Waals surface area contributed by atoms with Gasteiger partial charge in [-0.25, -0.2) is 0 Å². The summed E-state index contributed by atoms with van der Waals surface area (Å²) >= 11 is 0. The molecule has 2 aliphatic heterocycles. The maximum atomic E-state index is 9.34. The van der Waals surface area contributed by atoms with Gasteiger partial charge in [0.15, 0.2) is 6.04 Å². The quantitative estimate of drug-likeness (QED) is 0.325. The number of nitrogens with two attached hydrogens (primary N) is 1. The van der Waals surface area contributed by atoms with E-state index in [1.165, 1.54) is 0 Å². The molecular formula is C6H14Cl2N2O2. The fourth-order valence-electron chi connectivity index (χ4n) is 2.15. The molecule has 0 aromatic heterocycles. The minimum atomic E-state index is -0.541. The summed E-state index contributed by atoms with van der Waals surface area (Å²) in [5.41, 5.74) is 3.90. The Labute approximate surface area is 83.3 Å². The molecule has 0 radical (unpaired) electrons. The molecule has 0 aromatic rings. The van der Waals surface area contributed by atoms with Crippen molar-refractivity contribution in [3.63, 3.8) is 0 Å². The molecule has 74 valence electrons. The van der Waals surface area contributed by atoms with Gasteiger partial charge in [0.2, 0.25) is 0 Å². The molecule has 0 aliphatic carbocycles. The summed E-state index contributed by atoms with van der Waals surface area (Å²) in [4.78, 5) is 0. The molecular weight excluding hydrogens is 203 g/mol. The van der Waals surface area contributed by atoms with Crippen LogP contribution in [-0.4, -0.2) is 40.5 Å². The lowest BCUT2D eigenvalue weighted by molar-refractivity contribution is -0.698. The third-order valence-electron chi connectivity index (χ3n) is 2.77. The second kappa shape index (κ2) is 4.09. The van der Waals surface area contributed by atoms with Crippen molar-refractivity contribution < 1.29 is 46.1 Å². The number of fused-ring (bicyclic) bond motifs is 2. The van der Waals surface area contributed by atoms with Gasteiger partial charge in [-0.15, -0.1) is 0 Å². The fraction of sp³-hybridized carbons (Fsp3) is 1.00. The lowest BCUT2D eigenvalue weighted by Crippen LogP contribution is -3.00. The highest BCUT2D eigenvalue weighted by Gasteiger charge is 2.56. The van der Waals surface area contributed by atoms with Gasteiger partial charge in [0.05, 0.1) is 6.42 Å². The third-order valence-corrected chi connectivity index (χ3v) is 2.77. The predicted octanol–water partition coefficient (Wildman–Crippen LogP) is -9.96. The Balaban J connectivity index is 0.000000605. The first-order chi connectivity index (χ1) is 4.70. The molecule has 0 amide bonds. The van der Waals surface area contributed by atoms with Crippen molar-refractivity contribution >= 4 is 0 Å². The molecule has 2 saturated heterocycles. The zero-order chi connectivity index (χ0) is 7.30. The van der Waals surface area contributed by atoms with Gasteiger partial charge in [0, 0.05) is 0 Å². The zero-order valence-corrected chi connectivity index (χ0v) is 8.04. The Morgan fingerprint density at radius 1 is 1.17 bits per heavy atom. The normalized spacial score (nSPS) is 49.8. The lowest BCUT2D eigenvalue weighted by Gasteiger charge is -2.18. The van der Waals surface area contributed by atoms with Crippen LogP contribution in [0.3, 0.4) is 0 Å². The Hall–Kier alpha value is 0.420. The van der Waals surface area contributed by atoms with E-state index in [-0.39, 0.29) is 36.9 Å². The largest absolute Gasteiger partial charge is 1.00 e. The summed E-state index contributed by atoms with van der Waals surface area (Å²) in [6.45, 7) is 0. The first-order valence-corrected chi connectivity index (χ1v) is 3.74. The van der Waals surface area contributed by atoms with Gasteiger partial charge in [-0.05, 0) is 0 Å². The maximum absolute atomic E-state index is 9.34. The van der Waals surface area contributed by atoms with Gasteiger partial charge in [-0.2, -0.15) is 0 Å². The van der Waals surface area contributed by atoms with E-state index in [0.717, 1.165) is 6.42 Å². The molecule has 7 N–H and O–H groups in total. The predicted molar refractivity (Wildman–Crippen MR) is 32.8 cm³/mol. The van der Waals surface area contributed by atoms with Crippen LogP contribution in [0.5, 0.6) is 0 Å². The molecule has 2 bridgehead atoms. The summed E-state index contributed by atoms with van der Waals surface area (Å²) < 4.78 is 0. The minimum Gasteiger partial charge on any atom is -1.00 e. The molecule has 2 heterocycles. The van der Waals surface area contributed by atoms with Crippen LogP contribution in [0.25, 0.3) is 0 Å². The van der Waals surface area contributed by atoms with Crippen LogP contribution in [0, 0.1) is 0 Å². The highest BCUT2D eigenvalue weighted by atomic mass is 35.5. The molecule has 0 aromatic carbocycles. The monoisotopic (exact) mass is 216 g/mol. The van der Waals surface area contributed by atoms with Crippen molar-refractivity contribution in [2.75, 3.05) is 0 Å². The molecule has 2 rings (SSSR count). The van der Waals surface area contributed by atoms with Crippen molar-refractivity contribution in [1.29, 1.82) is 0 Å². The smallest absolute Gasteiger partial charge is 0.168 e. The van der Waals surface area contributed by atoms with Crippen molar-refractivity contribution in [2.24, 2.45) is 0 Å². The number of hydrogen-bond donors (Lipinski definition) is 4. The van der Waals surface area contributed by atoms with Gasteiger partial charge >= 0.3 is 0 Å². The molecule has 2 fully saturated rings. The molecule has 0 unspecified atom stereocenters. The molecule has 4 nitrogen and oxygen atoms in total. The van der Waals surface area contributed by atoms with Gasteiger partial charge in [-0.1, -0.05) is 0 Å². The number of aliphatic hydroxyl groups is 2. The Morgan fingerprint density at radius 2 is 1.75 bits per heavy atom. The van der Waals surface area contributed by atoms with E-state index >= 15 is 0 Å². The number of hydrogen-bond acceptors (Lipinski definition) is 2. The van der Waals surface area contributed by atoms with Gasteiger partial charge in [0.1, 0.15) is 24.3 Å². The second-order valence-electron chi connectivity index (χ2n) is 3.41. The van der Waals surface area contributed by atoms with E-state index in [4.69, 9.17) is 0 Å². The van der Waals surface area contributed by atoms with E-state index in [1.54, 1.807) is 0 Å². The van der Waals surface area contributed by atoms with Crippen LogP contribution in [-0.2, 0) is 0 Å². The van der Waals surface area contributed by atoms with Crippen LogP contribution in [0.2, 0.25) is 0 Å². The number of aliphatic hydroxyl groups excluding tert-OH is 2. The van der Waals surface area contributed by atoms with E-state index in [9.17, 15) is 10.2 Å². The summed E-state index contributed by atoms with van der Waals surface area (Å²) in [7, 11) is 0. The molecule has 2 aliphatic rings. The first-order valence-electron chi connectivity index (χ1n) is 3.74. The topological polar surface area (TPSA) is 84.7 Å². The van der Waals surface area contributed by atoms with Crippen LogP contribution in [0.4, 0.5) is 0 Å². The highest BCUT2D eigenvalue weighted by Crippen LogP contribution is 2.20. The standard InChI is InChI=1S/C6H12N2O2.2ClH/c7-2-1-3-5(9)6(10)4(2)8-3;;/h2-6,8-10H,1,7H2;2*1H/t2-,3-,4+,5-,6+;;/m1../s1. The van der Waals surface area contributed by atoms with Crippen molar-refractivity contribution in [1.82, 2.24) is 0 Å². The summed E-state index contributed by atoms with van der Waals surface area (Å²) in [5, 5.41) is 20.7. The SMILES string of the molecule is [Cl-].[Cl-].[NH3+][C@@H]1C[C@H]2[NH2+][C@@H]1[C@H](O)[C@@H]2O. The molecule has 0 spiro atoms. The Kier molecular flexibility index (Phi) is 4.23. The van der Waals surface area contributed by atoms with E-state index < -0.39 is 12.2 Å². The van der Waals surface area contributed by atoms with Crippen molar-refractivity contribution in [2.45, 2.75) is 36.8 Å². The van der Waals surface area contributed by atoms with Gasteiger partial charge < -0.3 is 46.1 Å². The molecule has 5 atom stereocenters. The molecule has 0 saturated carbocycles. The van der Waals surface area contributed by atoms with E-state index in [1.807, 2.05) is 5.32 Å². The average Bonchev–Trinajstić information content (AvgIpc) is 2.36. The Bertz CT molecular complexity index is 158. The number of halogens is 2. The van der Waals surface area contributed by atoms with Crippen LogP contribution < -0.4 is 35.9 Å². The number of rotatable bonds is 0. The maximum Gasteiger partial charge on any atom is 0.168 e. The van der Waals surface area contributed by atoms with Crippen LogP contribution >= 0.6 is 0 Å². The fourth-order valence-corrected chi connectivity index (χ4v) is 2.15. The molecule has 12 heavy (non-hydrogen) atoms. The van der Waals surface area contributed by atoms with Crippen LogP contribution in [0.15, 0.2) is 0 Å². The third kappa shape index (κ3) is 1.55. The molecule has 6 heteroatoms.